The van der Waals surface area contributed by atoms with Gasteiger partial charge in [0.15, 0.2) is 0 Å². The zero-order chi connectivity index (χ0) is 11.5. The molecule has 0 saturated carbocycles. The van der Waals surface area contributed by atoms with Crippen molar-refractivity contribution in [3.63, 3.8) is 0 Å². The molecule has 2 aliphatic heterocycles. The van der Waals surface area contributed by atoms with E-state index in [-0.39, 0.29) is 0 Å². The van der Waals surface area contributed by atoms with Gasteiger partial charge in [-0.05, 0) is 37.9 Å². The fourth-order valence-corrected chi connectivity index (χ4v) is 2.71. The Balaban J connectivity index is 1.83. The summed E-state index contributed by atoms with van der Waals surface area (Å²) in [7, 11) is 0. The van der Waals surface area contributed by atoms with Gasteiger partial charge in [0.2, 0.25) is 0 Å². The van der Waals surface area contributed by atoms with Crippen molar-refractivity contribution in [2.45, 2.75) is 31.6 Å². The van der Waals surface area contributed by atoms with Crippen LogP contribution in [0.4, 0.5) is 0 Å². The van der Waals surface area contributed by atoms with Gasteiger partial charge >= 0.3 is 0 Å². The van der Waals surface area contributed by atoms with Crippen molar-refractivity contribution in [2.24, 2.45) is 0 Å². The van der Waals surface area contributed by atoms with Gasteiger partial charge in [-0.3, -0.25) is 0 Å². The summed E-state index contributed by atoms with van der Waals surface area (Å²) in [4.78, 5) is 9.38. The molecule has 1 atom stereocenters. The molecule has 0 aliphatic carbocycles. The van der Waals surface area contributed by atoms with Gasteiger partial charge in [-0.25, -0.2) is 9.97 Å². The lowest BCUT2D eigenvalue weighted by molar-refractivity contribution is 0.445. The van der Waals surface area contributed by atoms with Crippen molar-refractivity contribution in [1.82, 2.24) is 20.6 Å². The second kappa shape index (κ2) is 5.10. The van der Waals surface area contributed by atoms with Crippen LogP contribution in [-0.4, -0.2) is 36.1 Å². The summed E-state index contributed by atoms with van der Waals surface area (Å²) in [5.74, 6) is 1.57. The van der Waals surface area contributed by atoms with E-state index in [4.69, 9.17) is 4.98 Å². The molecule has 1 fully saturated rings. The Kier molecular flexibility index (Phi) is 3.34. The van der Waals surface area contributed by atoms with Crippen LogP contribution in [0.3, 0.4) is 0 Å². The van der Waals surface area contributed by atoms with E-state index in [0.29, 0.717) is 5.92 Å². The summed E-state index contributed by atoms with van der Waals surface area (Å²) >= 11 is 0. The van der Waals surface area contributed by atoms with Crippen molar-refractivity contribution in [3.05, 3.63) is 23.3 Å². The number of nitrogens with one attached hydrogen (secondary N) is 2. The molecule has 2 aliphatic rings. The summed E-state index contributed by atoms with van der Waals surface area (Å²) in [6, 6.07) is 0. The van der Waals surface area contributed by atoms with E-state index in [1.54, 1.807) is 0 Å². The van der Waals surface area contributed by atoms with Gasteiger partial charge in [-0.1, -0.05) is 0 Å². The number of hydrogen-bond acceptors (Lipinski definition) is 4. The highest BCUT2D eigenvalue weighted by molar-refractivity contribution is 5.21. The number of rotatable bonds is 1. The Morgan fingerprint density at radius 2 is 2.06 bits per heavy atom. The van der Waals surface area contributed by atoms with Gasteiger partial charge in [0.05, 0.1) is 0 Å². The molecule has 4 heteroatoms. The molecule has 2 N–H and O–H groups in total. The number of hydrogen-bond donors (Lipinski definition) is 2. The number of nitrogens with zero attached hydrogens (tertiary/aromatic N) is 2. The average Bonchev–Trinajstić information content (AvgIpc) is 2.64. The molecular formula is C13H20N4. The summed E-state index contributed by atoms with van der Waals surface area (Å²) in [5, 5.41) is 6.85. The molecule has 0 aromatic carbocycles. The van der Waals surface area contributed by atoms with Crippen LogP contribution < -0.4 is 10.6 Å². The number of aromatic nitrogens is 2. The topological polar surface area (TPSA) is 49.8 Å². The van der Waals surface area contributed by atoms with Gasteiger partial charge in [0.25, 0.3) is 0 Å². The highest BCUT2D eigenvalue weighted by atomic mass is 14.9. The average molecular weight is 232 g/mol. The van der Waals surface area contributed by atoms with Gasteiger partial charge in [0, 0.05) is 37.3 Å². The Morgan fingerprint density at radius 3 is 2.94 bits per heavy atom. The first-order valence-electron chi connectivity index (χ1n) is 6.69. The second-order valence-corrected chi connectivity index (χ2v) is 4.99. The van der Waals surface area contributed by atoms with Crippen molar-refractivity contribution in [3.8, 4) is 0 Å². The van der Waals surface area contributed by atoms with Crippen LogP contribution in [0.5, 0.6) is 0 Å². The number of fused-ring (bicyclic) bond motifs is 1. The molecule has 92 valence electrons. The van der Waals surface area contributed by atoms with Gasteiger partial charge in [-0.15, -0.1) is 0 Å². The third-order valence-corrected chi connectivity index (χ3v) is 3.74. The maximum absolute atomic E-state index is 4.81. The molecule has 17 heavy (non-hydrogen) atoms. The van der Waals surface area contributed by atoms with Crippen LogP contribution in [0.25, 0.3) is 0 Å². The lowest BCUT2D eigenvalue weighted by atomic mass is 9.98. The lowest BCUT2D eigenvalue weighted by Crippen LogP contribution is -2.29. The highest BCUT2D eigenvalue weighted by Gasteiger charge is 2.19. The SMILES string of the molecule is c1nc(C2CCCNC2)nc2c1CCNCC2. The smallest absolute Gasteiger partial charge is 0.132 e. The minimum atomic E-state index is 0.519. The van der Waals surface area contributed by atoms with Crippen LogP contribution in [-0.2, 0) is 12.8 Å². The fraction of sp³-hybridized carbons (Fsp3) is 0.692. The van der Waals surface area contributed by atoms with E-state index < -0.39 is 0 Å². The van der Waals surface area contributed by atoms with Crippen LogP contribution in [0.2, 0.25) is 0 Å². The molecule has 0 bridgehead atoms. The normalized spacial score (nSPS) is 25.1. The molecule has 1 aromatic rings. The third kappa shape index (κ3) is 2.48. The van der Waals surface area contributed by atoms with Crippen molar-refractivity contribution >= 4 is 0 Å². The first kappa shape index (κ1) is 11.1. The first-order chi connectivity index (χ1) is 8.43. The fourth-order valence-electron chi connectivity index (χ4n) is 2.71. The van der Waals surface area contributed by atoms with E-state index in [0.717, 1.165) is 44.8 Å². The second-order valence-electron chi connectivity index (χ2n) is 4.99. The predicted molar refractivity (Wildman–Crippen MR) is 67.2 cm³/mol. The van der Waals surface area contributed by atoms with Crippen LogP contribution in [0.15, 0.2) is 6.20 Å². The molecule has 4 nitrogen and oxygen atoms in total. The van der Waals surface area contributed by atoms with Gasteiger partial charge in [0.1, 0.15) is 5.82 Å². The lowest BCUT2D eigenvalue weighted by Gasteiger charge is -2.22. The molecule has 1 aromatic heterocycles. The van der Waals surface area contributed by atoms with Crippen molar-refractivity contribution in [2.75, 3.05) is 26.2 Å². The minimum Gasteiger partial charge on any atom is -0.316 e. The van der Waals surface area contributed by atoms with E-state index in [1.165, 1.54) is 24.1 Å². The molecule has 1 unspecified atom stereocenters. The van der Waals surface area contributed by atoms with Crippen LogP contribution >= 0.6 is 0 Å². The zero-order valence-electron chi connectivity index (χ0n) is 10.2. The Bertz CT molecular complexity index is 385. The van der Waals surface area contributed by atoms with Crippen LogP contribution in [0, 0.1) is 0 Å². The van der Waals surface area contributed by atoms with Gasteiger partial charge in [-0.2, -0.15) is 0 Å². The standard InChI is InChI=1S/C13H20N4/c1-2-11(8-15-5-1)13-16-9-10-3-6-14-7-4-12(10)17-13/h9,11,14-15H,1-8H2. The summed E-state index contributed by atoms with van der Waals surface area (Å²) < 4.78 is 0. The molecule has 0 spiro atoms. The summed E-state index contributed by atoms with van der Waals surface area (Å²) in [5.41, 5.74) is 2.60. The van der Waals surface area contributed by atoms with E-state index in [1.807, 2.05) is 0 Å². The predicted octanol–water partition coefficient (Wildman–Crippen LogP) is 0.632. The van der Waals surface area contributed by atoms with E-state index >= 15 is 0 Å². The van der Waals surface area contributed by atoms with E-state index in [2.05, 4.69) is 21.8 Å². The quantitative estimate of drug-likeness (QED) is 0.746. The highest BCUT2D eigenvalue weighted by Crippen LogP contribution is 2.21. The summed E-state index contributed by atoms with van der Waals surface area (Å²) in [6.45, 7) is 4.29. The van der Waals surface area contributed by atoms with Crippen molar-refractivity contribution < 1.29 is 0 Å². The Morgan fingerprint density at radius 1 is 1.12 bits per heavy atom. The number of piperidine rings is 1. The molecule has 0 radical (unpaired) electrons. The zero-order valence-corrected chi connectivity index (χ0v) is 10.2. The van der Waals surface area contributed by atoms with Crippen LogP contribution in [0.1, 0.15) is 35.8 Å². The maximum atomic E-state index is 4.81. The molecule has 3 heterocycles. The third-order valence-electron chi connectivity index (χ3n) is 3.74. The minimum absolute atomic E-state index is 0.519. The molecule has 3 rings (SSSR count). The van der Waals surface area contributed by atoms with Gasteiger partial charge < -0.3 is 10.6 Å². The Labute approximate surface area is 102 Å². The monoisotopic (exact) mass is 232 g/mol. The first-order valence-corrected chi connectivity index (χ1v) is 6.69. The summed E-state index contributed by atoms with van der Waals surface area (Å²) in [6.07, 6.45) is 6.64. The Hall–Kier alpha value is -1.00. The molecule has 1 saturated heterocycles. The van der Waals surface area contributed by atoms with Crippen molar-refractivity contribution in [1.29, 1.82) is 0 Å². The molecular weight excluding hydrogens is 212 g/mol. The largest absolute Gasteiger partial charge is 0.316 e. The maximum Gasteiger partial charge on any atom is 0.132 e. The molecule has 0 amide bonds. The van der Waals surface area contributed by atoms with E-state index in [9.17, 15) is 0 Å².